The largest absolute Gasteiger partial charge is 0.382 e. The summed E-state index contributed by atoms with van der Waals surface area (Å²) in [7, 11) is 0. The Balaban J connectivity index is 2.61. The molecule has 2 aromatic rings. The highest BCUT2D eigenvalue weighted by molar-refractivity contribution is 5.69. The number of hydrogen-bond acceptors (Lipinski definition) is 3. The molecule has 2 N–H and O–H groups in total. The summed E-state index contributed by atoms with van der Waals surface area (Å²) in [4.78, 5) is 7.83. The van der Waals surface area contributed by atoms with Gasteiger partial charge in [-0.2, -0.15) is 0 Å². The van der Waals surface area contributed by atoms with Crippen LogP contribution in [0.2, 0.25) is 0 Å². The van der Waals surface area contributed by atoms with Crippen LogP contribution in [0.4, 0.5) is 10.2 Å². The second-order valence-corrected chi connectivity index (χ2v) is 2.77. The fraction of sp³-hybridized carbons (Fsp3) is 0. The summed E-state index contributed by atoms with van der Waals surface area (Å²) in [5.74, 6) is -0.114. The molecule has 1 heterocycles. The van der Waals surface area contributed by atoms with Gasteiger partial charge in [0.15, 0.2) is 0 Å². The zero-order valence-electron chi connectivity index (χ0n) is 7.31. The van der Waals surface area contributed by atoms with Crippen LogP contribution in [0.3, 0.4) is 0 Å². The number of hydrogen-bond donors (Lipinski definition) is 1. The van der Waals surface area contributed by atoms with Crippen LogP contribution in [-0.4, -0.2) is 9.97 Å². The lowest BCUT2D eigenvalue weighted by Gasteiger charge is -2.03. The molecule has 1 aromatic heterocycles. The lowest BCUT2D eigenvalue weighted by molar-refractivity contribution is 0.630. The van der Waals surface area contributed by atoms with Crippen LogP contribution in [0.1, 0.15) is 0 Å². The Morgan fingerprint density at radius 3 is 2.50 bits per heavy atom. The molecule has 0 unspecified atom stereocenters. The Morgan fingerprint density at radius 1 is 1.07 bits per heavy atom. The van der Waals surface area contributed by atoms with Crippen molar-refractivity contribution in [3.8, 4) is 11.3 Å². The molecule has 0 amide bonds. The van der Waals surface area contributed by atoms with E-state index in [4.69, 9.17) is 5.73 Å². The van der Waals surface area contributed by atoms with E-state index in [0.29, 0.717) is 11.3 Å². The fourth-order valence-electron chi connectivity index (χ4n) is 1.21. The molecule has 0 spiro atoms. The highest BCUT2D eigenvalue weighted by Crippen LogP contribution is 2.23. The molecule has 14 heavy (non-hydrogen) atoms. The molecule has 0 atom stereocenters. The zero-order valence-corrected chi connectivity index (χ0v) is 7.31. The third kappa shape index (κ3) is 1.42. The van der Waals surface area contributed by atoms with Crippen molar-refractivity contribution in [2.45, 2.75) is 0 Å². The number of nitrogen functional groups attached to an aromatic ring is 1. The van der Waals surface area contributed by atoms with E-state index >= 15 is 0 Å². The first kappa shape index (κ1) is 8.62. The quantitative estimate of drug-likeness (QED) is 0.744. The van der Waals surface area contributed by atoms with Crippen molar-refractivity contribution in [1.82, 2.24) is 9.97 Å². The Morgan fingerprint density at radius 2 is 1.79 bits per heavy atom. The Hall–Kier alpha value is -1.97. The maximum atomic E-state index is 13.3. The van der Waals surface area contributed by atoms with Crippen molar-refractivity contribution in [1.29, 1.82) is 0 Å². The number of anilines is 1. The van der Waals surface area contributed by atoms with Gasteiger partial charge in [0.05, 0.1) is 0 Å². The number of benzene rings is 1. The number of rotatable bonds is 1. The first-order valence-electron chi connectivity index (χ1n) is 4.10. The van der Waals surface area contributed by atoms with Gasteiger partial charge in [0.2, 0.25) is 0 Å². The van der Waals surface area contributed by atoms with Crippen LogP contribution in [0.5, 0.6) is 0 Å². The molecular formula is C10H8FN3. The van der Waals surface area contributed by atoms with Gasteiger partial charge in [-0.25, -0.2) is 9.37 Å². The normalized spacial score (nSPS) is 10.1. The van der Waals surface area contributed by atoms with Crippen LogP contribution >= 0.6 is 0 Å². The summed E-state index contributed by atoms with van der Waals surface area (Å²) in [6.45, 7) is 0. The first-order valence-corrected chi connectivity index (χ1v) is 4.10. The second kappa shape index (κ2) is 3.41. The molecule has 0 bridgehead atoms. The van der Waals surface area contributed by atoms with E-state index in [0.717, 1.165) is 0 Å². The third-order valence-corrected chi connectivity index (χ3v) is 1.86. The molecule has 0 saturated carbocycles. The lowest BCUT2D eigenvalue weighted by Crippen LogP contribution is -1.97. The minimum absolute atomic E-state index is 0.234. The molecule has 0 aliphatic rings. The fourth-order valence-corrected chi connectivity index (χ4v) is 1.21. The Labute approximate surface area is 80.4 Å². The minimum Gasteiger partial charge on any atom is -0.382 e. The smallest absolute Gasteiger partial charge is 0.150 e. The topological polar surface area (TPSA) is 51.8 Å². The highest BCUT2D eigenvalue weighted by Gasteiger charge is 2.08. The molecule has 0 aliphatic carbocycles. The van der Waals surface area contributed by atoms with Crippen LogP contribution in [0.15, 0.2) is 36.7 Å². The van der Waals surface area contributed by atoms with Gasteiger partial charge in [0, 0.05) is 18.0 Å². The summed E-state index contributed by atoms with van der Waals surface area (Å²) < 4.78 is 13.3. The SMILES string of the molecule is Nc1nccnc1-c1ccccc1F. The maximum Gasteiger partial charge on any atom is 0.150 e. The van der Waals surface area contributed by atoms with Gasteiger partial charge in [0.25, 0.3) is 0 Å². The molecule has 0 aliphatic heterocycles. The molecule has 70 valence electrons. The molecule has 0 fully saturated rings. The van der Waals surface area contributed by atoms with Crippen molar-refractivity contribution < 1.29 is 4.39 Å². The van der Waals surface area contributed by atoms with Gasteiger partial charge in [0.1, 0.15) is 17.3 Å². The summed E-state index contributed by atoms with van der Waals surface area (Å²) in [6, 6.07) is 6.33. The highest BCUT2D eigenvalue weighted by atomic mass is 19.1. The van der Waals surface area contributed by atoms with E-state index in [9.17, 15) is 4.39 Å². The average Bonchev–Trinajstić information content (AvgIpc) is 2.20. The van der Waals surface area contributed by atoms with Gasteiger partial charge in [-0.3, -0.25) is 4.98 Å². The molecule has 0 radical (unpaired) electrons. The molecule has 2 rings (SSSR count). The van der Waals surface area contributed by atoms with Crippen molar-refractivity contribution in [2.24, 2.45) is 0 Å². The average molecular weight is 189 g/mol. The summed E-state index contributed by atoms with van der Waals surface area (Å²) in [5.41, 5.74) is 6.33. The predicted octanol–water partition coefficient (Wildman–Crippen LogP) is 1.86. The minimum atomic E-state index is -0.347. The van der Waals surface area contributed by atoms with E-state index in [1.807, 2.05) is 0 Å². The number of nitrogens with two attached hydrogens (primary N) is 1. The number of halogens is 1. The number of aromatic nitrogens is 2. The molecular weight excluding hydrogens is 181 g/mol. The molecule has 4 heteroatoms. The van der Waals surface area contributed by atoms with Gasteiger partial charge in [-0.05, 0) is 12.1 Å². The van der Waals surface area contributed by atoms with Gasteiger partial charge >= 0.3 is 0 Å². The lowest BCUT2D eigenvalue weighted by atomic mass is 10.1. The molecule has 1 aromatic carbocycles. The second-order valence-electron chi connectivity index (χ2n) is 2.77. The van der Waals surface area contributed by atoms with Crippen molar-refractivity contribution in [3.63, 3.8) is 0 Å². The van der Waals surface area contributed by atoms with Crippen LogP contribution in [0.25, 0.3) is 11.3 Å². The summed E-state index contributed by atoms with van der Waals surface area (Å²) >= 11 is 0. The predicted molar refractivity (Wildman–Crippen MR) is 51.8 cm³/mol. The molecule has 0 saturated heterocycles. The Kier molecular flexibility index (Phi) is 2.10. The van der Waals surface area contributed by atoms with Gasteiger partial charge in [-0.15, -0.1) is 0 Å². The van der Waals surface area contributed by atoms with E-state index in [-0.39, 0.29) is 11.6 Å². The van der Waals surface area contributed by atoms with E-state index in [2.05, 4.69) is 9.97 Å². The summed E-state index contributed by atoms with van der Waals surface area (Å²) in [6.07, 6.45) is 2.96. The van der Waals surface area contributed by atoms with Gasteiger partial charge in [-0.1, -0.05) is 12.1 Å². The van der Waals surface area contributed by atoms with Crippen LogP contribution in [0, 0.1) is 5.82 Å². The standard InChI is InChI=1S/C10H8FN3/c11-8-4-2-1-3-7(8)9-10(12)14-6-5-13-9/h1-6H,(H2,12,14). The van der Waals surface area contributed by atoms with Crippen molar-refractivity contribution in [2.75, 3.05) is 5.73 Å². The van der Waals surface area contributed by atoms with Crippen LogP contribution < -0.4 is 5.73 Å². The first-order chi connectivity index (χ1) is 6.79. The monoisotopic (exact) mass is 189 g/mol. The zero-order chi connectivity index (χ0) is 9.97. The van der Waals surface area contributed by atoms with E-state index in [1.165, 1.54) is 18.5 Å². The maximum absolute atomic E-state index is 13.3. The molecule has 3 nitrogen and oxygen atoms in total. The number of nitrogens with zero attached hydrogens (tertiary/aromatic N) is 2. The Bertz CT molecular complexity index is 413. The third-order valence-electron chi connectivity index (χ3n) is 1.86. The van der Waals surface area contributed by atoms with Crippen LogP contribution in [-0.2, 0) is 0 Å². The van der Waals surface area contributed by atoms with Gasteiger partial charge < -0.3 is 5.73 Å². The van der Waals surface area contributed by atoms with E-state index < -0.39 is 0 Å². The van der Waals surface area contributed by atoms with E-state index in [1.54, 1.807) is 18.2 Å². The van der Waals surface area contributed by atoms with Crippen molar-refractivity contribution >= 4 is 5.82 Å². The summed E-state index contributed by atoms with van der Waals surface area (Å²) in [5, 5.41) is 0. The van der Waals surface area contributed by atoms with Crippen molar-refractivity contribution in [3.05, 3.63) is 42.5 Å².